The van der Waals surface area contributed by atoms with Crippen LogP contribution in [-0.2, 0) is 11.3 Å². The highest BCUT2D eigenvalue weighted by molar-refractivity contribution is 8.14. The second-order valence-electron chi connectivity index (χ2n) is 4.45. The molecule has 1 heterocycles. The summed E-state index contributed by atoms with van der Waals surface area (Å²) in [4.78, 5) is 23.0. The van der Waals surface area contributed by atoms with Crippen LogP contribution in [0.1, 0.15) is 17.5 Å². The summed E-state index contributed by atoms with van der Waals surface area (Å²) < 4.78 is 0. The quantitative estimate of drug-likeness (QED) is 0.721. The predicted molar refractivity (Wildman–Crippen MR) is 81.6 cm³/mol. The summed E-state index contributed by atoms with van der Waals surface area (Å²) in [6.07, 6.45) is 0.423. The van der Waals surface area contributed by atoms with Gasteiger partial charge in [-0.1, -0.05) is 41.8 Å². The molecule has 1 atom stereocenters. The first kappa shape index (κ1) is 15.4. The number of nitrogens with one attached hydrogen (secondary N) is 2. The number of rotatable bonds is 4. The molecule has 0 bridgehead atoms. The van der Waals surface area contributed by atoms with Gasteiger partial charge in [0.2, 0.25) is 5.91 Å². The molecular weight excluding hydrogens is 288 g/mol. The van der Waals surface area contributed by atoms with Gasteiger partial charge in [-0.2, -0.15) is 0 Å². The molecule has 5 nitrogen and oxygen atoms in total. The van der Waals surface area contributed by atoms with Gasteiger partial charge in [0.25, 0.3) is 5.24 Å². The van der Waals surface area contributed by atoms with Crippen LogP contribution in [0.2, 0.25) is 0 Å². The lowest BCUT2D eigenvalue weighted by atomic mass is 10.1. The minimum absolute atomic E-state index is 0.0327. The van der Waals surface area contributed by atoms with Gasteiger partial charge in [0.15, 0.2) is 0 Å². The van der Waals surface area contributed by atoms with E-state index < -0.39 is 6.04 Å². The van der Waals surface area contributed by atoms with E-state index in [1.54, 1.807) is 0 Å². The monoisotopic (exact) mass is 304 g/mol. The second kappa shape index (κ2) is 7.72. The zero-order valence-corrected chi connectivity index (χ0v) is 12.2. The Morgan fingerprint density at radius 3 is 3.00 bits per heavy atom. The molecule has 1 aliphatic rings. The number of aliphatic hydroxyl groups is 1. The third-order valence-corrected chi connectivity index (χ3v) is 3.80. The molecule has 6 heteroatoms. The van der Waals surface area contributed by atoms with Gasteiger partial charge in [-0.25, -0.2) is 0 Å². The molecule has 0 aromatic heterocycles. The van der Waals surface area contributed by atoms with Gasteiger partial charge < -0.3 is 15.7 Å². The Bertz CT molecular complexity index is 592. The molecule has 1 fully saturated rings. The van der Waals surface area contributed by atoms with Crippen molar-refractivity contribution in [3.05, 3.63) is 35.4 Å². The highest BCUT2D eigenvalue weighted by atomic mass is 32.2. The Balaban J connectivity index is 1.95. The first-order valence-electron chi connectivity index (χ1n) is 6.59. The van der Waals surface area contributed by atoms with Crippen LogP contribution < -0.4 is 10.6 Å². The molecule has 2 amide bonds. The van der Waals surface area contributed by atoms with E-state index in [0.29, 0.717) is 18.7 Å². The number of hydrogen-bond acceptors (Lipinski definition) is 4. The first-order chi connectivity index (χ1) is 10.2. The molecule has 21 heavy (non-hydrogen) atoms. The fourth-order valence-electron chi connectivity index (χ4n) is 1.84. The lowest BCUT2D eigenvalue weighted by Gasteiger charge is -2.11. The van der Waals surface area contributed by atoms with Gasteiger partial charge in [0, 0.05) is 24.3 Å². The van der Waals surface area contributed by atoms with Gasteiger partial charge in [-0.15, -0.1) is 0 Å². The molecule has 110 valence electrons. The Kier molecular flexibility index (Phi) is 5.67. The average molecular weight is 304 g/mol. The smallest absolute Gasteiger partial charge is 0.279 e. The van der Waals surface area contributed by atoms with Crippen molar-refractivity contribution >= 4 is 22.9 Å². The number of aliphatic hydroxyl groups excluding tert-OH is 1. The number of thioether (sulfide) groups is 1. The van der Waals surface area contributed by atoms with E-state index in [1.165, 1.54) is 0 Å². The highest BCUT2D eigenvalue weighted by Crippen LogP contribution is 2.13. The SMILES string of the molecule is O=C1NC(C(=O)NCc2ccccc2C#CCCO)CS1. The highest BCUT2D eigenvalue weighted by Gasteiger charge is 2.27. The Hall–Kier alpha value is -1.97. The van der Waals surface area contributed by atoms with E-state index >= 15 is 0 Å². The summed E-state index contributed by atoms with van der Waals surface area (Å²) in [5, 5.41) is 14.0. The molecule has 0 radical (unpaired) electrons. The Morgan fingerprint density at radius 2 is 2.29 bits per heavy atom. The third kappa shape index (κ3) is 4.52. The van der Waals surface area contributed by atoms with E-state index in [1.807, 2.05) is 24.3 Å². The average Bonchev–Trinajstić information content (AvgIpc) is 2.93. The molecule has 2 rings (SSSR count). The van der Waals surface area contributed by atoms with Crippen molar-refractivity contribution in [1.82, 2.24) is 10.6 Å². The number of hydrogen-bond donors (Lipinski definition) is 3. The van der Waals surface area contributed by atoms with Crippen molar-refractivity contribution in [1.29, 1.82) is 0 Å². The topological polar surface area (TPSA) is 78.4 Å². The van der Waals surface area contributed by atoms with Crippen molar-refractivity contribution in [3.8, 4) is 11.8 Å². The van der Waals surface area contributed by atoms with Crippen LogP contribution in [0.25, 0.3) is 0 Å². The molecule has 0 aliphatic carbocycles. The van der Waals surface area contributed by atoms with Crippen LogP contribution >= 0.6 is 11.8 Å². The van der Waals surface area contributed by atoms with E-state index in [9.17, 15) is 9.59 Å². The van der Waals surface area contributed by atoms with Crippen molar-refractivity contribution in [3.63, 3.8) is 0 Å². The summed E-state index contributed by atoms with van der Waals surface area (Å²) in [6, 6.07) is 7.06. The zero-order chi connectivity index (χ0) is 15.1. The molecule has 0 saturated carbocycles. The molecule has 1 unspecified atom stereocenters. The van der Waals surface area contributed by atoms with Gasteiger partial charge in [-0.05, 0) is 11.6 Å². The lowest BCUT2D eigenvalue weighted by Crippen LogP contribution is -2.42. The van der Waals surface area contributed by atoms with Crippen molar-refractivity contribution in [2.24, 2.45) is 0 Å². The van der Waals surface area contributed by atoms with Gasteiger partial charge in [-0.3, -0.25) is 9.59 Å². The minimum Gasteiger partial charge on any atom is -0.395 e. The maximum absolute atomic E-state index is 11.9. The molecule has 0 spiro atoms. The summed E-state index contributed by atoms with van der Waals surface area (Å²) in [6.45, 7) is 0.394. The number of amides is 2. The molecule has 1 saturated heterocycles. The molecule has 1 aromatic rings. The van der Waals surface area contributed by atoms with Crippen LogP contribution in [0.4, 0.5) is 4.79 Å². The molecule has 3 N–H and O–H groups in total. The fourth-order valence-corrected chi connectivity index (χ4v) is 2.62. The van der Waals surface area contributed by atoms with Crippen molar-refractivity contribution < 1.29 is 14.7 Å². The zero-order valence-electron chi connectivity index (χ0n) is 11.4. The lowest BCUT2D eigenvalue weighted by molar-refractivity contribution is -0.122. The Labute approximate surface area is 127 Å². The Morgan fingerprint density at radius 1 is 1.48 bits per heavy atom. The molecular formula is C15H16N2O3S. The van der Waals surface area contributed by atoms with Gasteiger partial charge in [0.1, 0.15) is 6.04 Å². The molecule has 1 aliphatic heterocycles. The number of benzene rings is 1. The van der Waals surface area contributed by atoms with E-state index in [0.717, 1.165) is 22.9 Å². The summed E-state index contributed by atoms with van der Waals surface area (Å²) in [5.74, 6) is 6.12. The van der Waals surface area contributed by atoms with Gasteiger partial charge in [0.05, 0.1) is 6.61 Å². The van der Waals surface area contributed by atoms with Crippen LogP contribution in [0.3, 0.4) is 0 Å². The third-order valence-electron chi connectivity index (χ3n) is 2.92. The van der Waals surface area contributed by atoms with E-state index in [4.69, 9.17) is 5.11 Å². The summed E-state index contributed by atoms with van der Waals surface area (Å²) >= 11 is 1.12. The van der Waals surface area contributed by atoms with Gasteiger partial charge >= 0.3 is 0 Å². The van der Waals surface area contributed by atoms with Crippen LogP contribution in [0.5, 0.6) is 0 Å². The normalized spacial score (nSPS) is 16.8. The maximum Gasteiger partial charge on any atom is 0.279 e. The van der Waals surface area contributed by atoms with Crippen LogP contribution in [-0.4, -0.2) is 34.7 Å². The standard InChI is InChI=1S/C15H16N2O3S/c18-8-4-3-6-11-5-1-2-7-12(11)9-16-14(19)13-10-21-15(20)17-13/h1-2,5,7,13,18H,4,8-10H2,(H,16,19)(H,17,20). The van der Waals surface area contributed by atoms with Crippen LogP contribution in [0.15, 0.2) is 24.3 Å². The number of carbonyl (C=O) groups is 2. The second-order valence-corrected chi connectivity index (χ2v) is 5.44. The van der Waals surface area contributed by atoms with E-state index in [-0.39, 0.29) is 17.8 Å². The van der Waals surface area contributed by atoms with Crippen LogP contribution in [0, 0.1) is 11.8 Å². The maximum atomic E-state index is 11.9. The molecule has 1 aromatic carbocycles. The summed E-state index contributed by atoms with van der Waals surface area (Å²) in [5.41, 5.74) is 1.74. The predicted octanol–water partition coefficient (Wildman–Crippen LogP) is 0.862. The fraction of sp³-hybridized carbons (Fsp3) is 0.333. The van der Waals surface area contributed by atoms with Crippen molar-refractivity contribution in [2.45, 2.75) is 19.0 Å². The largest absolute Gasteiger partial charge is 0.395 e. The number of carbonyl (C=O) groups excluding carboxylic acids is 2. The van der Waals surface area contributed by atoms with Crippen molar-refractivity contribution in [2.75, 3.05) is 12.4 Å². The minimum atomic E-state index is -0.463. The summed E-state index contributed by atoms with van der Waals surface area (Å²) in [7, 11) is 0. The van der Waals surface area contributed by atoms with E-state index in [2.05, 4.69) is 22.5 Å². The first-order valence-corrected chi connectivity index (χ1v) is 7.58.